The second-order valence-electron chi connectivity index (χ2n) is 37.5. The first-order valence-corrected chi connectivity index (χ1v) is 47.3. The number of nitrogens with one attached hydrogen (secondary N) is 3. The van der Waals surface area contributed by atoms with Gasteiger partial charge in [-0.05, 0) is 263 Å². The minimum Gasteiger partial charge on any atom is -0.362 e. The fourth-order valence-corrected chi connectivity index (χ4v) is 11.4. The third kappa shape index (κ3) is 55.5. The van der Waals surface area contributed by atoms with E-state index >= 15 is 0 Å². The van der Waals surface area contributed by atoms with Crippen LogP contribution in [-0.4, -0.2) is 79.4 Å². The normalized spacial score (nSPS) is 12.0. The van der Waals surface area contributed by atoms with E-state index in [1.54, 1.807) is 97.1 Å². The molecule has 0 unspecified atom stereocenters. The third-order valence-electron chi connectivity index (χ3n) is 21.0. The Bertz CT molecular complexity index is 5500. The molecule has 13 heterocycles. The Morgan fingerprint density at radius 2 is 0.660 bits per heavy atom. The predicted molar refractivity (Wildman–Crippen MR) is 600 cm³/mol. The van der Waals surface area contributed by atoms with Gasteiger partial charge < -0.3 is 28.9 Å². The van der Waals surface area contributed by atoms with E-state index in [0.717, 1.165) is 79.9 Å². The Morgan fingerprint density at radius 1 is 0.340 bits per heavy atom. The summed E-state index contributed by atoms with van der Waals surface area (Å²) in [4.78, 5) is 79.3. The Labute approximate surface area is 853 Å². The van der Waals surface area contributed by atoms with E-state index in [2.05, 4.69) is 286 Å². The minimum atomic E-state index is -2.49. The van der Waals surface area contributed by atoms with Crippen molar-refractivity contribution in [3.8, 4) is 0 Å². The highest BCUT2D eigenvalue weighted by Crippen LogP contribution is 2.21. The SMILES string of the molecule is C.C.C.C.C=C1C=C(C(C)C)C=CN1.C=C1C=C(C(C)C)C=CN1.C=C1C=C(C(C)C)C=NN1.CC(C)c1cc(=O)n(C)cn1.CC(C)c1ccn(C)c(=O)c1.CC(C)c1ccn(C)c(=O)c1.CC(C)c1cnn(C)c(=O)c1.CCn1ccc(C(C)C)cc1=O.Cc1cc(C(C)C)ccn1.Cc1cc(C(C)C)ccn1.Cc1cc(C(C)C)cnn1.Cc1cc(C(C)C)cnn1.[2H]C([2H])([2H])n1ncc(C(C)C)cc1=O. The molecule has 0 atom stereocenters. The molecular formula is C116H181N19O6. The first-order chi connectivity index (χ1) is 65.3. The van der Waals surface area contributed by atoms with Gasteiger partial charge in [0.2, 0.25) is 0 Å². The van der Waals surface area contributed by atoms with E-state index in [1.165, 1.54) is 60.5 Å². The van der Waals surface area contributed by atoms with Gasteiger partial charge in [0.1, 0.15) is 0 Å². The summed E-state index contributed by atoms with van der Waals surface area (Å²) in [7, 11) is 6.85. The van der Waals surface area contributed by atoms with Gasteiger partial charge in [-0.25, -0.2) is 14.3 Å². The lowest BCUT2D eigenvalue weighted by Crippen LogP contribution is -2.19. The molecule has 10 aromatic rings. The van der Waals surface area contributed by atoms with Crippen LogP contribution in [0.1, 0.15) is 358 Å². The second-order valence-corrected chi connectivity index (χ2v) is 37.5. The van der Waals surface area contributed by atoms with E-state index in [4.69, 9.17) is 4.11 Å². The molecule has 3 N–H and O–H groups in total. The summed E-state index contributed by atoms with van der Waals surface area (Å²) in [6, 6.07) is 28.1. The topological polar surface area (TPSA) is 296 Å². The van der Waals surface area contributed by atoms with Crippen LogP contribution in [0.2, 0.25) is 0 Å². The van der Waals surface area contributed by atoms with E-state index in [1.807, 2.05) is 150 Å². The summed E-state index contributed by atoms with van der Waals surface area (Å²) >= 11 is 0. The number of hydrogen-bond acceptors (Lipinski definition) is 19. The van der Waals surface area contributed by atoms with Gasteiger partial charge >= 0.3 is 0 Å². The molecular weight excluding hydrogens is 1760 g/mol. The molecule has 0 aliphatic carbocycles. The lowest BCUT2D eigenvalue weighted by Gasteiger charge is -2.12. The van der Waals surface area contributed by atoms with Crippen LogP contribution in [0.15, 0.2) is 283 Å². The van der Waals surface area contributed by atoms with Crippen molar-refractivity contribution in [1.82, 2.24) is 89.2 Å². The molecule has 25 nitrogen and oxygen atoms in total. The highest BCUT2D eigenvalue weighted by atomic mass is 16.2. The van der Waals surface area contributed by atoms with Crippen LogP contribution in [0, 0.1) is 45.4 Å². The fraction of sp³-hybridized carbons (Fsp3) is 0.466. The number of hydrogen-bond donors (Lipinski definition) is 3. The molecule has 13 rings (SSSR count). The molecule has 3 aliphatic rings. The standard InChI is InChI=1S/C10H15NO.2C9H13NO.4C9H13N.3C8H12N2O.3C8H12N2.4CH4/c1-4-11-6-5-9(8(2)3)7-10(11)12;2*1-7(2)8-4-5-10(3)9(11)6-8;4*1-7(2)9-4-5-10-8(3)6-9;1-6(2)7-4-8(11)10(3)5-9-7;2*1-6(2)7-4-8(11)10(3)9-5-7;3*1-6(2)8-4-7(3)10-9-5-8;;;;/h5-8H,4H2,1-3H3;2*4-7H,1-3H3;2*4-7H,1-3H3;2*4-7,10H,3H2,1-2H3;3*4-6H,1-3H3;2*4-6H,1-3H3;4-6,10H,3H2,1-2H3;4*1H4/i;;;;;;;;3D3;;;;;;;;. The number of dihydropyridines is 2. The summed E-state index contributed by atoms with van der Waals surface area (Å²) < 4.78 is 29.2. The van der Waals surface area contributed by atoms with Crippen molar-refractivity contribution in [2.24, 2.45) is 58.0 Å². The average Bonchev–Trinajstić information content (AvgIpc) is 0.822. The number of nitrogens with zero attached hydrogens (tertiary/aromatic N) is 16. The highest BCUT2D eigenvalue weighted by molar-refractivity contribution is 5.80. The minimum absolute atomic E-state index is 0. The number of rotatable bonds is 14. The Balaban J connectivity index is -0.000000736. The van der Waals surface area contributed by atoms with Crippen LogP contribution in [0.25, 0.3) is 0 Å². The van der Waals surface area contributed by atoms with Crippen LogP contribution < -0.4 is 49.4 Å². The van der Waals surface area contributed by atoms with E-state index < -0.39 is 12.5 Å². The molecule has 0 aromatic carbocycles. The van der Waals surface area contributed by atoms with Gasteiger partial charge in [0.25, 0.3) is 33.4 Å². The molecule has 10 aromatic heterocycles. The van der Waals surface area contributed by atoms with Crippen molar-refractivity contribution in [3.05, 3.63) is 390 Å². The lowest BCUT2D eigenvalue weighted by atomic mass is 10.0. The maximum Gasteiger partial charge on any atom is 0.266 e. The molecule has 0 bridgehead atoms. The number of aryl methyl sites for hydroxylation is 10. The first kappa shape index (κ1) is 128. The van der Waals surface area contributed by atoms with Gasteiger partial charge in [-0.3, -0.25) is 44.2 Å². The molecule has 141 heavy (non-hydrogen) atoms. The van der Waals surface area contributed by atoms with E-state index in [-0.39, 0.29) is 63.4 Å². The van der Waals surface area contributed by atoms with Crippen molar-refractivity contribution in [2.45, 2.75) is 310 Å². The monoisotopic (exact) mass is 1940 g/mol. The number of hydrazone groups is 1. The predicted octanol–water partition coefficient (Wildman–Crippen LogP) is 25.2. The van der Waals surface area contributed by atoms with Crippen LogP contribution in [0.3, 0.4) is 0 Å². The number of pyridine rings is 5. The van der Waals surface area contributed by atoms with E-state index in [0.29, 0.717) is 75.7 Å². The number of aromatic nitrogens is 15. The van der Waals surface area contributed by atoms with Crippen molar-refractivity contribution in [1.29, 1.82) is 0 Å². The van der Waals surface area contributed by atoms with Gasteiger partial charge in [-0.1, -0.05) is 229 Å². The maximum absolute atomic E-state index is 11.3. The van der Waals surface area contributed by atoms with Gasteiger partial charge in [0.05, 0.1) is 54.4 Å². The zero-order chi connectivity index (χ0) is 107. The summed E-state index contributed by atoms with van der Waals surface area (Å²) in [6.07, 6.45) is 33.5. The zero-order valence-electron chi connectivity index (χ0n) is 92.0. The number of allylic oxidation sites excluding steroid dienone is 8. The van der Waals surface area contributed by atoms with Crippen molar-refractivity contribution < 1.29 is 4.11 Å². The van der Waals surface area contributed by atoms with Gasteiger partial charge in [0, 0.05) is 154 Å². The largest absolute Gasteiger partial charge is 0.362 e. The first-order valence-electron chi connectivity index (χ1n) is 48.8. The van der Waals surface area contributed by atoms with Gasteiger partial charge in [-0.2, -0.15) is 35.7 Å². The van der Waals surface area contributed by atoms with Gasteiger partial charge in [0.15, 0.2) is 0 Å². The van der Waals surface area contributed by atoms with Crippen LogP contribution in [-0.2, 0) is 41.7 Å². The van der Waals surface area contributed by atoms with Crippen LogP contribution in [0.5, 0.6) is 0 Å². The fourth-order valence-electron chi connectivity index (χ4n) is 11.4. The molecule has 776 valence electrons. The van der Waals surface area contributed by atoms with Crippen molar-refractivity contribution >= 4 is 6.21 Å². The molecule has 0 radical (unpaired) electrons. The average molecular weight is 1940 g/mol. The quantitative estimate of drug-likeness (QED) is 0.0911. The molecule has 0 fully saturated rings. The van der Waals surface area contributed by atoms with Crippen molar-refractivity contribution in [3.63, 3.8) is 0 Å². The molecule has 0 saturated carbocycles. The summed E-state index contributed by atoms with van der Waals surface area (Å²) in [5.41, 5.74) is 24.5. The highest BCUT2D eigenvalue weighted by Gasteiger charge is 2.11. The second kappa shape index (κ2) is 70.5. The van der Waals surface area contributed by atoms with Crippen LogP contribution in [0.4, 0.5) is 0 Å². The van der Waals surface area contributed by atoms with Crippen LogP contribution >= 0.6 is 0 Å². The summed E-state index contributed by atoms with van der Waals surface area (Å²) in [5.74, 6) is 6.21. The zero-order valence-corrected chi connectivity index (χ0v) is 89.0. The molecule has 0 saturated heterocycles. The maximum atomic E-state index is 11.3. The van der Waals surface area contributed by atoms with Crippen molar-refractivity contribution in [2.75, 3.05) is 0 Å². The van der Waals surface area contributed by atoms with E-state index in [9.17, 15) is 28.8 Å². The lowest BCUT2D eigenvalue weighted by molar-refractivity contribution is 0.689. The molecule has 3 aliphatic heterocycles. The Hall–Kier alpha value is -13.1. The summed E-state index contributed by atoms with van der Waals surface area (Å²) in [5, 5.41) is 32.9. The Kier molecular flexibility index (Phi) is 64.0. The molecule has 0 spiro atoms. The smallest absolute Gasteiger partial charge is 0.266 e. The van der Waals surface area contributed by atoms with Gasteiger partial charge in [-0.15, -0.1) is 0 Å². The molecule has 25 heteroatoms. The Morgan fingerprint density at radius 3 is 0.922 bits per heavy atom. The third-order valence-corrected chi connectivity index (χ3v) is 21.0. The summed E-state index contributed by atoms with van der Waals surface area (Å²) in [6.45, 7) is 74.3. The molecule has 0 amide bonds.